The first-order valence-corrected chi connectivity index (χ1v) is 8.10. The van der Waals surface area contributed by atoms with Gasteiger partial charge in [-0.2, -0.15) is 0 Å². The van der Waals surface area contributed by atoms with Crippen LogP contribution in [0.5, 0.6) is 5.75 Å². The van der Waals surface area contributed by atoms with Crippen molar-refractivity contribution in [3.63, 3.8) is 0 Å². The summed E-state index contributed by atoms with van der Waals surface area (Å²) in [6.07, 6.45) is 0. The molecular formula is C19H22N2O3. The second kappa shape index (κ2) is 7.36. The Bertz CT molecular complexity index is 692. The third kappa shape index (κ3) is 3.68. The SMILES string of the molecule is COC(=O)c1ccc(CN2CCN(c3ccccc3O)CC2)cc1. The first-order valence-electron chi connectivity index (χ1n) is 8.10. The van der Waals surface area contributed by atoms with Crippen molar-refractivity contribution in [3.05, 3.63) is 59.7 Å². The molecule has 1 N–H and O–H groups in total. The number of hydrogen-bond acceptors (Lipinski definition) is 5. The zero-order chi connectivity index (χ0) is 16.9. The highest BCUT2D eigenvalue weighted by molar-refractivity contribution is 5.89. The molecule has 0 amide bonds. The Hall–Kier alpha value is -2.53. The molecule has 0 bridgehead atoms. The van der Waals surface area contributed by atoms with E-state index in [1.165, 1.54) is 12.7 Å². The fourth-order valence-electron chi connectivity index (χ4n) is 3.00. The fourth-order valence-corrected chi connectivity index (χ4v) is 3.00. The molecule has 24 heavy (non-hydrogen) atoms. The highest BCUT2D eigenvalue weighted by atomic mass is 16.5. The summed E-state index contributed by atoms with van der Waals surface area (Å²) in [6, 6.07) is 15.0. The second-order valence-electron chi connectivity index (χ2n) is 5.94. The Labute approximate surface area is 142 Å². The summed E-state index contributed by atoms with van der Waals surface area (Å²) >= 11 is 0. The van der Waals surface area contributed by atoms with Gasteiger partial charge >= 0.3 is 5.97 Å². The Morgan fingerprint density at radius 2 is 1.71 bits per heavy atom. The van der Waals surface area contributed by atoms with Crippen molar-refractivity contribution in [1.82, 2.24) is 4.90 Å². The number of rotatable bonds is 4. The number of aromatic hydroxyl groups is 1. The Balaban J connectivity index is 1.56. The maximum Gasteiger partial charge on any atom is 0.337 e. The van der Waals surface area contributed by atoms with Crippen LogP contribution >= 0.6 is 0 Å². The number of hydrogen-bond donors (Lipinski definition) is 1. The van der Waals surface area contributed by atoms with E-state index >= 15 is 0 Å². The number of carbonyl (C=O) groups is 1. The van der Waals surface area contributed by atoms with Gasteiger partial charge in [-0.05, 0) is 29.8 Å². The molecule has 1 fully saturated rings. The number of benzene rings is 2. The molecule has 5 nitrogen and oxygen atoms in total. The number of methoxy groups -OCH3 is 1. The summed E-state index contributed by atoms with van der Waals surface area (Å²) in [5.41, 5.74) is 2.66. The molecule has 2 aromatic rings. The van der Waals surface area contributed by atoms with Crippen LogP contribution in [0.25, 0.3) is 0 Å². The number of ether oxygens (including phenoxy) is 1. The lowest BCUT2D eigenvalue weighted by molar-refractivity contribution is 0.0600. The normalized spacial score (nSPS) is 15.3. The number of esters is 1. The van der Waals surface area contributed by atoms with Gasteiger partial charge in [-0.25, -0.2) is 4.79 Å². The Kier molecular flexibility index (Phi) is 5.01. The van der Waals surface area contributed by atoms with Crippen LogP contribution in [-0.2, 0) is 11.3 Å². The van der Waals surface area contributed by atoms with Gasteiger partial charge in [-0.15, -0.1) is 0 Å². The zero-order valence-electron chi connectivity index (χ0n) is 13.8. The van der Waals surface area contributed by atoms with Gasteiger partial charge in [-0.3, -0.25) is 4.90 Å². The van der Waals surface area contributed by atoms with E-state index in [0.29, 0.717) is 11.3 Å². The van der Waals surface area contributed by atoms with E-state index in [2.05, 4.69) is 9.80 Å². The van der Waals surface area contributed by atoms with Crippen molar-refractivity contribution in [2.24, 2.45) is 0 Å². The van der Waals surface area contributed by atoms with E-state index in [1.807, 2.05) is 30.3 Å². The monoisotopic (exact) mass is 326 g/mol. The molecule has 0 aromatic heterocycles. The summed E-state index contributed by atoms with van der Waals surface area (Å²) in [6.45, 7) is 4.51. The molecular weight excluding hydrogens is 304 g/mol. The van der Waals surface area contributed by atoms with Crippen molar-refractivity contribution in [3.8, 4) is 5.75 Å². The molecule has 0 atom stereocenters. The lowest BCUT2D eigenvalue weighted by Gasteiger charge is -2.36. The smallest absolute Gasteiger partial charge is 0.337 e. The van der Waals surface area contributed by atoms with Crippen LogP contribution in [0.2, 0.25) is 0 Å². The molecule has 1 aliphatic rings. The highest BCUT2D eigenvalue weighted by Gasteiger charge is 2.19. The molecule has 0 radical (unpaired) electrons. The van der Waals surface area contributed by atoms with Crippen molar-refractivity contribution < 1.29 is 14.6 Å². The van der Waals surface area contributed by atoms with Crippen LogP contribution in [-0.4, -0.2) is 49.3 Å². The fraction of sp³-hybridized carbons (Fsp3) is 0.316. The maximum absolute atomic E-state index is 11.5. The summed E-state index contributed by atoms with van der Waals surface area (Å²) < 4.78 is 4.71. The molecule has 0 unspecified atom stereocenters. The van der Waals surface area contributed by atoms with Gasteiger partial charge in [0.2, 0.25) is 0 Å². The predicted octanol–water partition coefficient (Wildman–Crippen LogP) is 2.50. The van der Waals surface area contributed by atoms with Gasteiger partial charge < -0.3 is 14.7 Å². The minimum atomic E-state index is -0.308. The Morgan fingerprint density at radius 1 is 1.04 bits per heavy atom. The number of nitrogens with zero attached hydrogens (tertiary/aromatic N) is 2. The van der Waals surface area contributed by atoms with Crippen LogP contribution < -0.4 is 4.90 Å². The predicted molar refractivity (Wildman–Crippen MR) is 93.4 cm³/mol. The summed E-state index contributed by atoms with van der Waals surface area (Å²) in [5, 5.41) is 9.96. The molecule has 0 spiro atoms. The van der Waals surface area contributed by atoms with Crippen molar-refractivity contribution >= 4 is 11.7 Å². The van der Waals surface area contributed by atoms with Gasteiger partial charge in [0.25, 0.3) is 0 Å². The first-order chi connectivity index (χ1) is 11.7. The van der Waals surface area contributed by atoms with Crippen molar-refractivity contribution in [2.45, 2.75) is 6.54 Å². The number of para-hydroxylation sites is 2. The van der Waals surface area contributed by atoms with Gasteiger partial charge in [0.05, 0.1) is 18.4 Å². The van der Waals surface area contributed by atoms with E-state index in [4.69, 9.17) is 4.74 Å². The molecule has 3 rings (SSSR count). The Morgan fingerprint density at radius 3 is 2.33 bits per heavy atom. The van der Waals surface area contributed by atoms with Gasteiger partial charge in [-0.1, -0.05) is 24.3 Å². The molecule has 126 valence electrons. The lowest BCUT2D eigenvalue weighted by Crippen LogP contribution is -2.45. The van der Waals surface area contributed by atoms with Crippen LogP contribution in [0, 0.1) is 0 Å². The van der Waals surface area contributed by atoms with E-state index in [-0.39, 0.29) is 5.97 Å². The minimum absolute atomic E-state index is 0.308. The lowest BCUT2D eigenvalue weighted by atomic mass is 10.1. The standard InChI is InChI=1S/C19H22N2O3/c1-24-19(23)16-8-6-15(7-9-16)14-20-10-12-21(13-11-20)17-4-2-3-5-18(17)22/h2-9,22H,10-14H2,1H3. The third-order valence-corrected chi connectivity index (χ3v) is 4.38. The molecule has 5 heteroatoms. The number of phenolic OH excluding ortho intramolecular Hbond substituents is 1. The van der Waals surface area contributed by atoms with Crippen LogP contribution in [0.3, 0.4) is 0 Å². The molecule has 0 aliphatic carbocycles. The van der Waals surface area contributed by atoms with E-state index in [1.54, 1.807) is 18.2 Å². The van der Waals surface area contributed by atoms with Crippen molar-refractivity contribution in [2.75, 3.05) is 38.2 Å². The minimum Gasteiger partial charge on any atom is -0.506 e. The number of anilines is 1. The first kappa shape index (κ1) is 16.3. The van der Waals surface area contributed by atoms with Gasteiger partial charge in [0.1, 0.15) is 5.75 Å². The maximum atomic E-state index is 11.5. The summed E-state index contributed by atoms with van der Waals surface area (Å²) in [4.78, 5) is 16.0. The van der Waals surface area contributed by atoms with E-state index in [0.717, 1.165) is 38.4 Å². The van der Waals surface area contributed by atoms with Gasteiger partial charge in [0.15, 0.2) is 0 Å². The average molecular weight is 326 g/mol. The summed E-state index contributed by atoms with van der Waals surface area (Å²) in [5.74, 6) is 0.0298. The van der Waals surface area contributed by atoms with E-state index < -0.39 is 0 Å². The quantitative estimate of drug-likeness (QED) is 0.875. The molecule has 1 saturated heterocycles. The zero-order valence-corrected chi connectivity index (χ0v) is 13.8. The molecule has 0 saturated carbocycles. The summed E-state index contributed by atoms with van der Waals surface area (Å²) in [7, 11) is 1.39. The number of carbonyl (C=O) groups excluding carboxylic acids is 1. The third-order valence-electron chi connectivity index (χ3n) is 4.38. The second-order valence-corrected chi connectivity index (χ2v) is 5.94. The number of phenols is 1. The average Bonchev–Trinajstić information content (AvgIpc) is 2.63. The molecule has 2 aromatic carbocycles. The van der Waals surface area contributed by atoms with Gasteiger partial charge in [0, 0.05) is 32.7 Å². The number of piperazine rings is 1. The van der Waals surface area contributed by atoms with Crippen molar-refractivity contribution in [1.29, 1.82) is 0 Å². The molecule has 1 aliphatic heterocycles. The highest BCUT2D eigenvalue weighted by Crippen LogP contribution is 2.27. The largest absolute Gasteiger partial charge is 0.506 e. The topological polar surface area (TPSA) is 53.0 Å². The molecule has 1 heterocycles. The van der Waals surface area contributed by atoms with Crippen LogP contribution in [0.4, 0.5) is 5.69 Å². The van der Waals surface area contributed by atoms with E-state index in [9.17, 15) is 9.90 Å². The van der Waals surface area contributed by atoms with Crippen LogP contribution in [0.1, 0.15) is 15.9 Å². The van der Waals surface area contributed by atoms with Crippen LogP contribution in [0.15, 0.2) is 48.5 Å².